The molecule has 18 heavy (non-hydrogen) atoms. The fraction of sp³-hybridized carbons (Fsp3) is 0.500. The van der Waals surface area contributed by atoms with Crippen molar-refractivity contribution < 1.29 is 9.53 Å². The topological polar surface area (TPSA) is 53.4 Å². The maximum atomic E-state index is 12.2. The van der Waals surface area contributed by atoms with Crippen molar-refractivity contribution in [3.05, 3.63) is 20.8 Å². The highest BCUT2D eigenvalue weighted by atomic mass is 79.9. The molecule has 1 N–H and O–H groups in total. The Balaban J connectivity index is 2.46. The van der Waals surface area contributed by atoms with Crippen molar-refractivity contribution >= 4 is 39.0 Å². The van der Waals surface area contributed by atoms with Crippen LogP contribution in [0.4, 0.5) is 0 Å². The van der Waals surface area contributed by atoms with Crippen molar-refractivity contribution in [1.29, 1.82) is 5.41 Å². The van der Waals surface area contributed by atoms with Gasteiger partial charge < -0.3 is 9.64 Å². The molecular formula is C12H15BrN2O2S. The number of carbonyl (C=O) groups excluding carboxylic acids is 1. The van der Waals surface area contributed by atoms with Crippen molar-refractivity contribution in [1.82, 2.24) is 4.90 Å². The van der Waals surface area contributed by atoms with Gasteiger partial charge in [0.15, 0.2) is 0 Å². The molecule has 1 aliphatic rings. The van der Waals surface area contributed by atoms with E-state index in [4.69, 9.17) is 10.1 Å². The Morgan fingerprint density at radius 3 is 2.83 bits per heavy atom. The molecule has 98 valence electrons. The van der Waals surface area contributed by atoms with E-state index in [9.17, 15) is 4.79 Å². The molecule has 2 heterocycles. The Morgan fingerprint density at radius 1 is 1.67 bits per heavy atom. The molecule has 2 atom stereocenters. The summed E-state index contributed by atoms with van der Waals surface area (Å²) in [7, 11) is 3.17. The number of nitrogens with zero attached hydrogens (tertiary/aromatic N) is 1. The van der Waals surface area contributed by atoms with Crippen LogP contribution in [0.5, 0.6) is 0 Å². The molecule has 4 nitrogen and oxygen atoms in total. The van der Waals surface area contributed by atoms with E-state index in [0.29, 0.717) is 12.3 Å². The number of thiophene rings is 1. The fourth-order valence-electron chi connectivity index (χ4n) is 2.33. The van der Waals surface area contributed by atoms with Crippen molar-refractivity contribution in [2.24, 2.45) is 0 Å². The molecule has 1 amide bonds. The first-order valence-corrected chi connectivity index (χ1v) is 7.19. The monoisotopic (exact) mass is 330 g/mol. The van der Waals surface area contributed by atoms with Crippen molar-refractivity contribution in [3.8, 4) is 0 Å². The van der Waals surface area contributed by atoms with Crippen LogP contribution in [0.1, 0.15) is 18.2 Å². The Hall–Kier alpha value is -0.720. The van der Waals surface area contributed by atoms with Crippen molar-refractivity contribution in [3.63, 3.8) is 0 Å². The molecular weight excluding hydrogens is 316 g/mol. The van der Waals surface area contributed by atoms with E-state index < -0.39 is 11.5 Å². The van der Waals surface area contributed by atoms with Gasteiger partial charge in [-0.05, 0) is 22.0 Å². The summed E-state index contributed by atoms with van der Waals surface area (Å²) in [6.45, 7) is 1.98. The van der Waals surface area contributed by atoms with Gasteiger partial charge >= 0.3 is 0 Å². The summed E-state index contributed by atoms with van der Waals surface area (Å²) in [5, 5.41) is 9.93. The van der Waals surface area contributed by atoms with Crippen LogP contribution in [0.3, 0.4) is 0 Å². The molecule has 0 saturated carbocycles. The second-order valence-electron chi connectivity index (χ2n) is 4.68. The van der Waals surface area contributed by atoms with Crippen LogP contribution in [0, 0.1) is 5.41 Å². The standard InChI is InChI=1S/C12H15BrN2O2S/c1-12(8-4-7(13)6-18-8)5-9(14)15(2)11(16)10(12)17-3/h4,6,10,14H,5H2,1-3H3/t10?,12-/m1/s1. The third kappa shape index (κ3) is 2.02. The molecule has 1 unspecified atom stereocenters. The van der Waals surface area contributed by atoms with Crippen LogP contribution in [-0.2, 0) is 14.9 Å². The maximum absolute atomic E-state index is 12.2. The number of carbonyl (C=O) groups is 1. The minimum atomic E-state index is -0.540. The van der Waals surface area contributed by atoms with Gasteiger partial charge in [-0.2, -0.15) is 0 Å². The molecule has 1 aliphatic heterocycles. The van der Waals surface area contributed by atoms with E-state index in [0.717, 1.165) is 9.35 Å². The Bertz CT molecular complexity index is 502. The molecule has 6 heteroatoms. The Kier molecular flexibility index (Phi) is 3.62. The van der Waals surface area contributed by atoms with Gasteiger partial charge in [0.1, 0.15) is 11.9 Å². The lowest BCUT2D eigenvalue weighted by Gasteiger charge is -2.42. The number of methoxy groups -OCH3 is 1. The van der Waals surface area contributed by atoms with Crippen LogP contribution in [0.2, 0.25) is 0 Å². The number of amides is 1. The van der Waals surface area contributed by atoms with Gasteiger partial charge in [0.2, 0.25) is 0 Å². The highest BCUT2D eigenvalue weighted by Crippen LogP contribution is 2.41. The van der Waals surface area contributed by atoms with Crippen molar-refractivity contribution in [2.75, 3.05) is 14.2 Å². The van der Waals surface area contributed by atoms with Crippen molar-refractivity contribution in [2.45, 2.75) is 24.9 Å². The number of likely N-dealkylation sites (tertiary alicyclic amines) is 1. The van der Waals surface area contributed by atoms with Crippen LogP contribution in [0.15, 0.2) is 15.9 Å². The summed E-state index contributed by atoms with van der Waals surface area (Å²) in [6, 6.07) is 2.00. The molecule has 0 spiro atoms. The number of nitrogens with one attached hydrogen (secondary N) is 1. The summed E-state index contributed by atoms with van der Waals surface area (Å²) < 4.78 is 6.40. The molecule has 2 rings (SSSR count). The molecule has 1 aromatic heterocycles. The fourth-order valence-corrected chi connectivity index (χ4v) is 3.94. The normalized spacial score (nSPS) is 28.9. The zero-order valence-electron chi connectivity index (χ0n) is 10.5. The second kappa shape index (κ2) is 4.75. The number of amidine groups is 1. The minimum Gasteiger partial charge on any atom is -0.371 e. The number of ether oxygens (including phenoxy) is 1. The van der Waals surface area contributed by atoms with Crippen LogP contribution in [-0.4, -0.2) is 36.9 Å². The number of piperidine rings is 1. The average molecular weight is 331 g/mol. The van der Waals surface area contributed by atoms with E-state index in [2.05, 4.69) is 15.9 Å². The third-order valence-electron chi connectivity index (χ3n) is 3.44. The van der Waals surface area contributed by atoms with E-state index in [1.165, 1.54) is 4.90 Å². The first-order valence-electron chi connectivity index (χ1n) is 5.52. The van der Waals surface area contributed by atoms with Crippen LogP contribution < -0.4 is 0 Å². The van der Waals surface area contributed by atoms with Crippen LogP contribution in [0.25, 0.3) is 0 Å². The maximum Gasteiger partial charge on any atom is 0.257 e. The summed E-state index contributed by atoms with van der Waals surface area (Å²) in [4.78, 5) is 14.7. The number of rotatable bonds is 2. The third-order valence-corrected chi connectivity index (χ3v) is 5.41. The number of likely N-dealkylation sites (N-methyl/N-ethyl adjacent to an activating group) is 1. The predicted octanol–water partition coefficient (Wildman–Crippen LogP) is 2.62. The lowest BCUT2D eigenvalue weighted by atomic mass is 9.75. The van der Waals surface area contributed by atoms with Gasteiger partial charge in [0, 0.05) is 40.7 Å². The number of halogens is 1. The lowest BCUT2D eigenvalue weighted by Crippen LogP contribution is -2.57. The Labute approximate surface area is 119 Å². The van der Waals surface area contributed by atoms with Crippen LogP contribution >= 0.6 is 27.3 Å². The average Bonchev–Trinajstić information content (AvgIpc) is 2.74. The van der Waals surface area contributed by atoms with Gasteiger partial charge in [-0.3, -0.25) is 10.2 Å². The summed E-state index contributed by atoms with van der Waals surface area (Å²) in [6.07, 6.45) is -0.0390. The van der Waals surface area contributed by atoms with Gasteiger partial charge in [-0.1, -0.05) is 6.92 Å². The first-order chi connectivity index (χ1) is 8.40. The smallest absolute Gasteiger partial charge is 0.257 e. The molecule has 0 aliphatic carbocycles. The van der Waals surface area contributed by atoms with E-state index in [1.54, 1.807) is 25.5 Å². The number of hydrogen-bond acceptors (Lipinski definition) is 4. The highest BCUT2D eigenvalue weighted by Gasteiger charge is 2.48. The highest BCUT2D eigenvalue weighted by molar-refractivity contribution is 9.10. The summed E-state index contributed by atoms with van der Waals surface area (Å²) >= 11 is 5.01. The SMILES string of the molecule is COC1C(=O)N(C)C(=N)C[C@]1(C)c1cc(Br)cs1. The van der Waals surface area contributed by atoms with E-state index >= 15 is 0 Å². The van der Waals surface area contributed by atoms with Gasteiger partial charge in [-0.25, -0.2) is 0 Å². The minimum absolute atomic E-state index is 0.152. The summed E-state index contributed by atoms with van der Waals surface area (Å²) in [5.41, 5.74) is -0.466. The molecule has 1 aromatic rings. The molecule has 0 aromatic carbocycles. The van der Waals surface area contributed by atoms with Gasteiger partial charge in [0.25, 0.3) is 5.91 Å². The second-order valence-corrected chi connectivity index (χ2v) is 6.51. The Morgan fingerprint density at radius 2 is 2.33 bits per heavy atom. The summed E-state index contributed by atoms with van der Waals surface area (Å²) in [5.74, 6) is 0.182. The first kappa shape index (κ1) is 13.7. The largest absolute Gasteiger partial charge is 0.371 e. The van der Waals surface area contributed by atoms with Gasteiger partial charge in [0.05, 0.1) is 0 Å². The number of hydrogen-bond donors (Lipinski definition) is 1. The molecule has 1 saturated heterocycles. The quantitative estimate of drug-likeness (QED) is 0.906. The molecule has 0 bridgehead atoms. The molecule has 0 radical (unpaired) electrons. The van der Waals surface area contributed by atoms with E-state index in [1.807, 2.05) is 18.4 Å². The molecule has 1 fully saturated rings. The van der Waals surface area contributed by atoms with Gasteiger partial charge in [-0.15, -0.1) is 11.3 Å². The zero-order chi connectivity index (χ0) is 13.5. The van der Waals surface area contributed by atoms with E-state index in [-0.39, 0.29) is 5.91 Å². The predicted molar refractivity (Wildman–Crippen MR) is 75.3 cm³/mol. The lowest BCUT2D eigenvalue weighted by molar-refractivity contribution is -0.143. The zero-order valence-corrected chi connectivity index (χ0v) is 12.9.